The third kappa shape index (κ3) is 7.34. The van der Waals surface area contributed by atoms with Gasteiger partial charge < -0.3 is 5.73 Å². The van der Waals surface area contributed by atoms with Crippen molar-refractivity contribution in [3.63, 3.8) is 0 Å². The van der Waals surface area contributed by atoms with E-state index in [1.165, 1.54) is 0 Å². The molecule has 0 aliphatic heterocycles. The number of rotatable bonds is 3. The van der Waals surface area contributed by atoms with Crippen LogP contribution >= 0.6 is 0 Å². The SMILES string of the molecule is NC(=O)COS(N)(=O)=O. The van der Waals surface area contributed by atoms with Crippen molar-refractivity contribution in [1.82, 2.24) is 0 Å². The highest BCUT2D eigenvalue weighted by Crippen LogP contribution is 1.78. The number of nitrogens with two attached hydrogens (primary N) is 2. The maximum Gasteiger partial charge on any atom is 0.333 e. The highest BCUT2D eigenvalue weighted by atomic mass is 32.2. The molecule has 0 bridgehead atoms. The minimum Gasteiger partial charge on any atom is -0.368 e. The van der Waals surface area contributed by atoms with Gasteiger partial charge in [0.1, 0.15) is 6.61 Å². The summed E-state index contributed by atoms with van der Waals surface area (Å²) in [5.74, 6) is -0.885. The van der Waals surface area contributed by atoms with E-state index < -0.39 is 22.8 Å². The fourth-order valence-electron chi connectivity index (χ4n) is 0.140. The maximum atomic E-state index is 9.88. The van der Waals surface area contributed by atoms with Crippen LogP contribution in [0.3, 0.4) is 0 Å². The van der Waals surface area contributed by atoms with Gasteiger partial charge in [-0.05, 0) is 0 Å². The lowest BCUT2D eigenvalue weighted by atomic mass is 10.7. The molecule has 0 atom stereocenters. The van der Waals surface area contributed by atoms with E-state index in [2.05, 4.69) is 15.1 Å². The van der Waals surface area contributed by atoms with Crippen molar-refractivity contribution >= 4 is 16.2 Å². The van der Waals surface area contributed by atoms with Crippen LogP contribution in [-0.2, 0) is 19.3 Å². The third-order valence-corrected chi connectivity index (χ3v) is 0.812. The third-order valence-electron chi connectivity index (χ3n) is 0.365. The van der Waals surface area contributed by atoms with Gasteiger partial charge in [0.25, 0.3) is 0 Å². The van der Waals surface area contributed by atoms with Crippen LogP contribution in [0.15, 0.2) is 0 Å². The highest BCUT2D eigenvalue weighted by molar-refractivity contribution is 7.84. The predicted octanol–water partition coefficient (Wildman–Crippen LogP) is -2.31. The molecule has 54 valence electrons. The first kappa shape index (κ1) is 8.34. The van der Waals surface area contributed by atoms with E-state index in [0.717, 1.165) is 0 Å². The minimum atomic E-state index is -4.02. The van der Waals surface area contributed by atoms with E-state index >= 15 is 0 Å². The second-order valence-corrected chi connectivity index (χ2v) is 2.44. The average Bonchev–Trinajstić information content (AvgIpc) is 1.59. The Kier molecular flexibility index (Phi) is 2.56. The molecule has 0 unspecified atom stereocenters. The van der Waals surface area contributed by atoms with Gasteiger partial charge in [-0.1, -0.05) is 0 Å². The van der Waals surface area contributed by atoms with Gasteiger partial charge in [0.2, 0.25) is 5.91 Å². The first-order chi connectivity index (χ1) is 3.92. The van der Waals surface area contributed by atoms with Crippen molar-refractivity contribution in [3.05, 3.63) is 0 Å². The van der Waals surface area contributed by atoms with Gasteiger partial charge in [-0.15, -0.1) is 0 Å². The first-order valence-electron chi connectivity index (χ1n) is 1.87. The molecule has 0 rings (SSSR count). The highest BCUT2D eigenvalue weighted by Gasteiger charge is 2.03. The van der Waals surface area contributed by atoms with Gasteiger partial charge in [-0.3, -0.25) is 4.79 Å². The average molecular weight is 154 g/mol. The van der Waals surface area contributed by atoms with E-state index in [4.69, 9.17) is 0 Å². The van der Waals surface area contributed by atoms with Crippen molar-refractivity contribution in [2.24, 2.45) is 10.9 Å². The summed E-state index contributed by atoms with van der Waals surface area (Å²) in [4.78, 5) is 9.82. The molecule has 4 N–H and O–H groups in total. The summed E-state index contributed by atoms with van der Waals surface area (Å²) in [6.45, 7) is -0.709. The van der Waals surface area contributed by atoms with E-state index in [1.807, 2.05) is 0 Å². The standard InChI is InChI=1S/C2H6N2O4S/c3-2(5)1-8-9(4,6)7/h1H2,(H2,3,5)(H2,4,6,7). The molecule has 0 aromatic heterocycles. The van der Waals surface area contributed by atoms with Gasteiger partial charge in [-0.2, -0.15) is 8.42 Å². The van der Waals surface area contributed by atoms with E-state index in [9.17, 15) is 13.2 Å². The van der Waals surface area contributed by atoms with Crippen LogP contribution in [0.4, 0.5) is 0 Å². The van der Waals surface area contributed by atoms with E-state index in [1.54, 1.807) is 0 Å². The molecule has 0 fully saturated rings. The van der Waals surface area contributed by atoms with E-state index in [-0.39, 0.29) is 0 Å². The lowest BCUT2D eigenvalue weighted by molar-refractivity contribution is -0.119. The predicted molar refractivity (Wildman–Crippen MR) is 28.3 cm³/mol. The summed E-state index contributed by atoms with van der Waals surface area (Å²) in [7, 11) is -4.02. The van der Waals surface area contributed by atoms with Gasteiger partial charge in [0.15, 0.2) is 0 Å². The summed E-state index contributed by atoms with van der Waals surface area (Å²) in [6.07, 6.45) is 0. The lowest BCUT2D eigenvalue weighted by Gasteiger charge is -1.93. The van der Waals surface area contributed by atoms with Crippen LogP contribution in [-0.4, -0.2) is 20.9 Å². The molecular formula is C2H6N2O4S. The Balaban J connectivity index is 3.67. The Bertz CT molecular complexity index is 195. The molecule has 6 nitrogen and oxygen atoms in total. The molecule has 0 aromatic rings. The molecule has 7 heteroatoms. The Morgan fingerprint density at radius 2 is 2.00 bits per heavy atom. The van der Waals surface area contributed by atoms with Crippen molar-refractivity contribution in [2.75, 3.05) is 6.61 Å². The van der Waals surface area contributed by atoms with Gasteiger partial charge in [-0.25, -0.2) is 9.32 Å². The van der Waals surface area contributed by atoms with Crippen LogP contribution in [0.5, 0.6) is 0 Å². The largest absolute Gasteiger partial charge is 0.368 e. The maximum absolute atomic E-state index is 9.88. The van der Waals surface area contributed by atoms with Crippen molar-refractivity contribution < 1.29 is 17.4 Å². The van der Waals surface area contributed by atoms with Crippen molar-refractivity contribution in [1.29, 1.82) is 0 Å². The quantitative estimate of drug-likeness (QED) is 0.475. The Labute approximate surface area is 52.0 Å². The first-order valence-corrected chi connectivity index (χ1v) is 3.34. The molecule has 0 aromatic carbocycles. The summed E-state index contributed by atoms with van der Waals surface area (Å²) >= 11 is 0. The fraction of sp³-hybridized carbons (Fsp3) is 0.500. The minimum absolute atomic E-state index is 0.709. The van der Waals surface area contributed by atoms with Crippen LogP contribution in [0.25, 0.3) is 0 Å². The van der Waals surface area contributed by atoms with Crippen molar-refractivity contribution in [2.45, 2.75) is 0 Å². The second-order valence-electron chi connectivity index (χ2n) is 1.22. The zero-order chi connectivity index (χ0) is 7.49. The summed E-state index contributed by atoms with van der Waals surface area (Å²) in [5.41, 5.74) is 4.52. The normalized spacial score (nSPS) is 11.2. The smallest absolute Gasteiger partial charge is 0.333 e. The van der Waals surface area contributed by atoms with Crippen molar-refractivity contribution in [3.8, 4) is 0 Å². The molecule has 0 saturated heterocycles. The van der Waals surface area contributed by atoms with Crippen LogP contribution in [0.1, 0.15) is 0 Å². The molecule has 0 radical (unpaired) electrons. The molecule has 9 heavy (non-hydrogen) atoms. The fourth-order valence-corrected chi connectivity index (χ4v) is 0.421. The monoisotopic (exact) mass is 154 g/mol. The molecule has 0 spiro atoms. The number of hydrogen-bond donors (Lipinski definition) is 2. The number of primary amides is 1. The van der Waals surface area contributed by atoms with Gasteiger partial charge >= 0.3 is 10.3 Å². The van der Waals surface area contributed by atoms with E-state index in [0.29, 0.717) is 0 Å². The van der Waals surface area contributed by atoms with Gasteiger partial charge in [0.05, 0.1) is 0 Å². The Morgan fingerprint density at radius 3 is 2.11 bits per heavy atom. The van der Waals surface area contributed by atoms with Crippen LogP contribution < -0.4 is 10.9 Å². The summed E-state index contributed by atoms with van der Waals surface area (Å²) < 4.78 is 23.5. The molecular weight excluding hydrogens is 148 g/mol. The zero-order valence-corrected chi connectivity index (χ0v) is 5.22. The van der Waals surface area contributed by atoms with Gasteiger partial charge in [0, 0.05) is 0 Å². The number of amides is 1. The molecule has 0 aliphatic carbocycles. The van der Waals surface area contributed by atoms with Crippen LogP contribution in [0.2, 0.25) is 0 Å². The molecule has 0 aliphatic rings. The zero-order valence-electron chi connectivity index (χ0n) is 4.40. The number of carbonyl (C=O) groups is 1. The number of carbonyl (C=O) groups excluding carboxylic acids is 1. The molecule has 0 heterocycles. The summed E-state index contributed by atoms with van der Waals surface area (Å²) in [5, 5.41) is 4.33. The Hall–Kier alpha value is -0.660. The second kappa shape index (κ2) is 2.76. The topological polar surface area (TPSA) is 112 Å². The molecule has 1 amide bonds. The number of hydrogen-bond acceptors (Lipinski definition) is 4. The lowest BCUT2D eigenvalue weighted by Crippen LogP contribution is -2.24. The summed E-state index contributed by atoms with van der Waals surface area (Å²) in [6, 6.07) is 0. The Morgan fingerprint density at radius 1 is 1.56 bits per heavy atom. The van der Waals surface area contributed by atoms with Crippen LogP contribution in [0, 0.1) is 0 Å². The molecule has 0 saturated carbocycles.